The molecule has 0 spiro atoms. The van der Waals surface area contributed by atoms with Gasteiger partial charge in [-0.1, -0.05) is 30.3 Å². The molecular formula is C19H23NO3S. The smallest absolute Gasteiger partial charge is 0.349 e. The third-order valence-electron chi connectivity index (χ3n) is 3.69. The first kappa shape index (κ1) is 18.2. The van der Waals surface area contributed by atoms with Crippen molar-refractivity contribution < 1.29 is 14.3 Å². The van der Waals surface area contributed by atoms with Crippen molar-refractivity contribution in [1.29, 1.82) is 0 Å². The zero-order chi connectivity index (χ0) is 17.5. The topological polar surface area (TPSA) is 55.4 Å². The fraction of sp³-hybridized carbons (Fsp3) is 0.368. The number of hydrogen-bond donors (Lipinski definition) is 1. The van der Waals surface area contributed by atoms with Crippen LogP contribution in [0.25, 0.3) is 0 Å². The second-order valence-electron chi connectivity index (χ2n) is 5.89. The SMILES string of the molecule is Cc1ccc(C(=O)O[C@@H](C)C(=O)N[C@@H](C)CCc2ccccc2)s1. The number of hydrogen-bond acceptors (Lipinski definition) is 4. The van der Waals surface area contributed by atoms with Crippen LogP contribution < -0.4 is 5.32 Å². The predicted molar refractivity (Wildman–Crippen MR) is 96.3 cm³/mol. The van der Waals surface area contributed by atoms with Gasteiger partial charge in [-0.3, -0.25) is 4.79 Å². The number of benzene rings is 1. The molecule has 4 nitrogen and oxygen atoms in total. The molecule has 0 radical (unpaired) electrons. The van der Waals surface area contributed by atoms with Gasteiger partial charge < -0.3 is 10.1 Å². The zero-order valence-corrected chi connectivity index (χ0v) is 15.1. The number of ether oxygens (including phenoxy) is 1. The van der Waals surface area contributed by atoms with Gasteiger partial charge in [0.1, 0.15) is 4.88 Å². The van der Waals surface area contributed by atoms with Gasteiger partial charge in [0, 0.05) is 10.9 Å². The Morgan fingerprint density at radius 2 is 1.83 bits per heavy atom. The monoisotopic (exact) mass is 345 g/mol. The summed E-state index contributed by atoms with van der Waals surface area (Å²) in [5, 5.41) is 2.90. The van der Waals surface area contributed by atoms with Gasteiger partial charge in [-0.05, 0) is 51.3 Å². The number of aryl methyl sites for hydroxylation is 2. The number of thiophene rings is 1. The minimum absolute atomic E-state index is 0.0165. The van der Waals surface area contributed by atoms with E-state index in [1.807, 2.05) is 38.1 Å². The fourth-order valence-corrected chi connectivity index (χ4v) is 3.03. The van der Waals surface area contributed by atoms with Crippen LogP contribution in [0.5, 0.6) is 0 Å². The lowest BCUT2D eigenvalue weighted by atomic mass is 10.1. The highest BCUT2D eigenvalue weighted by molar-refractivity contribution is 7.13. The molecule has 1 aromatic carbocycles. The van der Waals surface area contributed by atoms with Crippen LogP contribution in [0, 0.1) is 6.92 Å². The van der Waals surface area contributed by atoms with E-state index < -0.39 is 12.1 Å². The van der Waals surface area contributed by atoms with E-state index in [9.17, 15) is 9.59 Å². The molecule has 0 bridgehead atoms. The number of esters is 1. The van der Waals surface area contributed by atoms with Gasteiger partial charge in [-0.15, -0.1) is 11.3 Å². The van der Waals surface area contributed by atoms with E-state index >= 15 is 0 Å². The molecule has 0 saturated carbocycles. The van der Waals surface area contributed by atoms with E-state index in [1.165, 1.54) is 16.9 Å². The van der Waals surface area contributed by atoms with E-state index in [2.05, 4.69) is 17.4 Å². The Kier molecular flexibility index (Phi) is 6.55. The summed E-state index contributed by atoms with van der Waals surface area (Å²) in [6.07, 6.45) is 0.921. The van der Waals surface area contributed by atoms with Crippen LogP contribution in [0.2, 0.25) is 0 Å². The van der Waals surface area contributed by atoms with Gasteiger partial charge >= 0.3 is 5.97 Å². The molecule has 1 amide bonds. The van der Waals surface area contributed by atoms with Gasteiger partial charge in [0.15, 0.2) is 6.10 Å². The summed E-state index contributed by atoms with van der Waals surface area (Å²) in [7, 11) is 0. The molecule has 5 heteroatoms. The van der Waals surface area contributed by atoms with Crippen molar-refractivity contribution in [1.82, 2.24) is 5.32 Å². The molecule has 1 heterocycles. The van der Waals surface area contributed by atoms with Crippen LogP contribution in [0.3, 0.4) is 0 Å². The summed E-state index contributed by atoms with van der Waals surface area (Å²) in [6, 6.07) is 13.7. The van der Waals surface area contributed by atoms with Crippen LogP contribution in [0.1, 0.15) is 40.4 Å². The van der Waals surface area contributed by atoms with Gasteiger partial charge in [0.25, 0.3) is 5.91 Å². The molecule has 1 aromatic heterocycles. The molecule has 2 atom stereocenters. The highest BCUT2D eigenvalue weighted by Gasteiger charge is 2.21. The number of carbonyl (C=O) groups excluding carboxylic acids is 2. The van der Waals surface area contributed by atoms with Gasteiger partial charge in [-0.2, -0.15) is 0 Å². The maximum atomic E-state index is 12.2. The van der Waals surface area contributed by atoms with Crippen molar-refractivity contribution in [3.8, 4) is 0 Å². The lowest BCUT2D eigenvalue weighted by molar-refractivity contribution is -0.129. The second-order valence-corrected chi connectivity index (χ2v) is 7.18. The summed E-state index contributed by atoms with van der Waals surface area (Å²) >= 11 is 1.36. The number of rotatable bonds is 7. The van der Waals surface area contributed by atoms with Crippen LogP contribution in [-0.4, -0.2) is 24.0 Å². The second kappa shape index (κ2) is 8.64. The third-order valence-corrected chi connectivity index (χ3v) is 4.67. The summed E-state index contributed by atoms with van der Waals surface area (Å²) in [4.78, 5) is 25.7. The van der Waals surface area contributed by atoms with Gasteiger partial charge in [0.2, 0.25) is 0 Å². The van der Waals surface area contributed by atoms with Gasteiger partial charge in [0.05, 0.1) is 0 Å². The molecule has 2 aromatic rings. The van der Waals surface area contributed by atoms with Gasteiger partial charge in [-0.25, -0.2) is 4.79 Å². The lowest BCUT2D eigenvalue weighted by Crippen LogP contribution is -2.40. The van der Waals surface area contributed by atoms with Crippen LogP contribution in [-0.2, 0) is 16.0 Å². The quantitative estimate of drug-likeness (QED) is 0.778. The molecule has 24 heavy (non-hydrogen) atoms. The van der Waals surface area contributed by atoms with Crippen LogP contribution in [0.4, 0.5) is 0 Å². The minimum atomic E-state index is -0.806. The first-order valence-electron chi connectivity index (χ1n) is 8.07. The summed E-state index contributed by atoms with van der Waals surface area (Å²) in [5.41, 5.74) is 1.24. The Morgan fingerprint density at radius 3 is 2.46 bits per heavy atom. The highest BCUT2D eigenvalue weighted by atomic mass is 32.1. The van der Waals surface area contributed by atoms with E-state index in [0.717, 1.165) is 17.7 Å². The first-order valence-corrected chi connectivity index (χ1v) is 8.89. The molecule has 0 aliphatic heterocycles. The normalized spacial score (nSPS) is 13.1. The van der Waals surface area contributed by atoms with Crippen molar-refractivity contribution in [2.75, 3.05) is 0 Å². The van der Waals surface area contributed by atoms with Crippen LogP contribution >= 0.6 is 11.3 Å². The molecule has 0 saturated heterocycles. The van der Waals surface area contributed by atoms with Crippen molar-refractivity contribution in [3.05, 3.63) is 57.8 Å². The molecule has 0 fully saturated rings. The molecule has 0 aliphatic carbocycles. The van der Waals surface area contributed by atoms with Crippen LogP contribution in [0.15, 0.2) is 42.5 Å². The Labute approximate surface area is 146 Å². The van der Waals surface area contributed by atoms with E-state index in [0.29, 0.717) is 4.88 Å². The summed E-state index contributed by atoms with van der Waals surface area (Å²) in [6.45, 7) is 5.47. The molecule has 0 unspecified atom stereocenters. The van der Waals surface area contributed by atoms with Crippen molar-refractivity contribution in [2.45, 2.75) is 45.8 Å². The molecule has 0 aliphatic rings. The van der Waals surface area contributed by atoms with Crippen molar-refractivity contribution in [2.24, 2.45) is 0 Å². The Balaban J connectivity index is 1.77. The summed E-state index contributed by atoms with van der Waals surface area (Å²) in [5.74, 6) is -0.718. The molecule has 1 N–H and O–H groups in total. The van der Waals surface area contributed by atoms with E-state index in [1.54, 1.807) is 13.0 Å². The van der Waals surface area contributed by atoms with E-state index in [-0.39, 0.29) is 11.9 Å². The lowest BCUT2D eigenvalue weighted by Gasteiger charge is -2.17. The molecule has 128 valence electrons. The first-order chi connectivity index (χ1) is 11.5. The number of carbonyl (C=O) groups is 2. The van der Waals surface area contributed by atoms with Crippen molar-refractivity contribution in [3.63, 3.8) is 0 Å². The van der Waals surface area contributed by atoms with E-state index in [4.69, 9.17) is 4.74 Å². The Morgan fingerprint density at radius 1 is 1.12 bits per heavy atom. The largest absolute Gasteiger partial charge is 0.448 e. The minimum Gasteiger partial charge on any atom is -0.448 e. The maximum Gasteiger partial charge on any atom is 0.349 e. The fourth-order valence-electron chi connectivity index (χ4n) is 2.28. The molecular weight excluding hydrogens is 322 g/mol. The maximum absolute atomic E-state index is 12.2. The zero-order valence-electron chi connectivity index (χ0n) is 14.2. The average molecular weight is 345 g/mol. The predicted octanol–water partition coefficient (Wildman–Crippen LogP) is 3.74. The third kappa shape index (κ3) is 5.49. The standard InChI is InChI=1S/C19H23NO3S/c1-13(9-11-16-7-5-4-6-8-16)20-18(21)15(3)23-19(22)17-12-10-14(2)24-17/h4-8,10,12-13,15H,9,11H2,1-3H3,(H,20,21)/t13-,15-/m0/s1. The highest BCUT2D eigenvalue weighted by Crippen LogP contribution is 2.16. The van der Waals surface area contributed by atoms with Crippen molar-refractivity contribution >= 4 is 23.2 Å². The molecule has 2 rings (SSSR count). The summed E-state index contributed by atoms with van der Waals surface area (Å²) < 4.78 is 5.23. The number of nitrogens with one attached hydrogen (secondary N) is 1. The Hall–Kier alpha value is -2.14. The average Bonchev–Trinajstić information content (AvgIpc) is 3.00. The number of amides is 1. The Bertz CT molecular complexity index is 681.